The average molecular weight is 264 g/mol. The number of aromatic nitrogens is 2. The van der Waals surface area contributed by atoms with Gasteiger partial charge in [0.05, 0.1) is 5.69 Å². The number of amides is 1. The van der Waals surface area contributed by atoms with Gasteiger partial charge < -0.3 is 11.1 Å². The number of hydrogen-bond acceptors (Lipinski definition) is 3. The maximum Gasteiger partial charge on any atom is 0.269 e. The molecule has 5 heteroatoms. The van der Waals surface area contributed by atoms with Gasteiger partial charge in [-0.15, -0.1) is 0 Å². The standard InChI is InChI=1S/C14H24N4O/c1-3-12-8-13(18(4-2)17-12)14(19)16-9-10-5-6-11(15)7-10/h8,10-11H,3-7,9,15H2,1-2H3,(H,16,19). The molecule has 1 fully saturated rings. The fourth-order valence-corrected chi connectivity index (χ4v) is 2.69. The van der Waals surface area contributed by atoms with Gasteiger partial charge in [-0.3, -0.25) is 9.48 Å². The first-order chi connectivity index (χ1) is 9.13. The summed E-state index contributed by atoms with van der Waals surface area (Å²) in [6.07, 6.45) is 4.07. The fourth-order valence-electron chi connectivity index (χ4n) is 2.69. The van der Waals surface area contributed by atoms with E-state index in [0.717, 1.165) is 44.5 Å². The van der Waals surface area contributed by atoms with Crippen molar-refractivity contribution in [2.45, 2.75) is 52.1 Å². The Labute approximate surface area is 114 Å². The Morgan fingerprint density at radius 1 is 1.53 bits per heavy atom. The first-order valence-electron chi connectivity index (χ1n) is 7.24. The Morgan fingerprint density at radius 2 is 2.32 bits per heavy atom. The maximum absolute atomic E-state index is 12.2. The van der Waals surface area contributed by atoms with Crippen LogP contribution in [0.1, 0.15) is 49.3 Å². The SMILES string of the molecule is CCc1cc(C(=O)NCC2CCC(N)C2)n(CC)n1. The topological polar surface area (TPSA) is 72.9 Å². The van der Waals surface area contributed by atoms with Crippen LogP contribution < -0.4 is 11.1 Å². The van der Waals surface area contributed by atoms with Crippen molar-refractivity contribution >= 4 is 5.91 Å². The molecular formula is C14H24N4O. The van der Waals surface area contributed by atoms with Gasteiger partial charge in [-0.2, -0.15) is 5.10 Å². The molecule has 2 atom stereocenters. The summed E-state index contributed by atoms with van der Waals surface area (Å²) in [5.41, 5.74) is 7.52. The van der Waals surface area contributed by atoms with Gasteiger partial charge in [0.25, 0.3) is 5.91 Å². The third kappa shape index (κ3) is 3.35. The largest absolute Gasteiger partial charge is 0.350 e. The lowest BCUT2D eigenvalue weighted by molar-refractivity contribution is 0.0936. The van der Waals surface area contributed by atoms with Crippen LogP contribution in [-0.2, 0) is 13.0 Å². The van der Waals surface area contributed by atoms with Crippen molar-refractivity contribution in [3.8, 4) is 0 Å². The molecule has 1 saturated carbocycles. The van der Waals surface area contributed by atoms with Crippen molar-refractivity contribution in [3.05, 3.63) is 17.5 Å². The van der Waals surface area contributed by atoms with E-state index in [0.29, 0.717) is 17.7 Å². The molecule has 1 heterocycles. The van der Waals surface area contributed by atoms with Crippen molar-refractivity contribution in [3.63, 3.8) is 0 Å². The Bertz CT molecular complexity index is 441. The van der Waals surface area contributed by atoms with Gasteiger partial charge in [0.2, 0.25) is 0 Å². The molecular weight excluding hydrogens is 240 g/mol. The summed E-state index contributed by atoms with van der Waals surface area (Å²) in [7, 11) is 0. The highest BCUT2D eigenvalue weighted by Gasteiger charge is 2.22. The quantitative estimate of drug-likeness (QED) is 0.842. The van der Waals surface area contributed by atoms with Gasteiger partial charge in [0.1, 0.15) is 5.69 Å². The second-order valence-electron chi connectivity index (χ2n) is 5.34. The minimum atomic E-state index is -0.0190. The molecule has 0 aliphatic heterocycles. The highest BCUT2D eigenvalue weighted by Crippen LogP contribution is 2.23. The van der Waals surface area contributed by atoms with Crippen molar-refractivity contribution in [2.75, 3.05) is 6.54 Å². The van der Waals surface area contributed by atoms with E-state index in [4.69, 9.17) is 5.73 Å². The van der Waals surface area contributed by atoms with E-state index in [1.165, 1.54) is 0 Å². The molecule has 0 spiro atoms. The van der Waals surface area contributed by atoms with E-state index < -0.39 is 0 Å². The second kappa shape index (κ2) is 6.19. The van der Waals surface area contributed by atoms with Crippen LogP contribution in [0.2, 0.25) is 0 Å². The number of carbonyl (C=O) groups is 1. The van der Waals surface area contributed by atoms with Gasteiger partial charge in [0.15, 0.2) is 0 Å². The molecule has 1 aromatic heterocycles. The predicted molar refractivity (Wildman–Crippen MR) is 74.9 cm³/mol. The van der Waals surface area contributed by atoms with Crippen LogP contribution in [0.4, 0.5) is 0 Å². The number of aryl methyl sites for hydroxylation is 2. The number of rotatable bonds is 5. The van der Waals surface area contributed by atoms with E-state index in [-0.39, 0.29) is 5.91 Å². The molecule has 5 nitrogen and oxygen atoms in total. The summed E-state index contributed by atoms with van der Waals surface area (Å²) in [4.78, 5) is 12.2. The van der Waals surface area contributed by atoms with Crippen molar-refractivity contribution in [1.82, 2.24) is 15.1 Å². The highest BCUT2D eigenvalue weighted by molar-refractivity contribution is 5.92. The third-order valence-corrected chi connectivity index (χ3v) is 3.86. The lowest BCUT2D eigenvalue weighted by atomic mass is 10.1. The minimum absolute atomic E-state index is 0.0190. The molecule has 1 aromatic rings. The Hall–Kier alpha value is -1.36. The second-order valence-corrected chi connectivity index (χ2v) is 5.34. The smallest absolute Gasteiger partial charge is 0.269 e. The molecule has 0 bridgehead atoms. The van der Waals surface area contributed by atoms with Gasteiger partial charge in [-0.25, -0.2) is 0 Å². The highest BCUT2D eigenvalue weighted by atomic mass is 16.2. The Kier molecular flexibility index (Phi) is 4.58. The molecule has 19 heavy (non-hydrogen) atoms. The zero-order valence-corrected chi connectivity index (χ0v) is 11.9. The van der Waals surface area contributed by atoms with Crippen LogP contribution in [-0.4, -0.2) is 28.3 Å². The molecule has 0 saturated heterocycles. The average Bonchev–Trinajstić information content (AvgIpc) is 3.01. The molecule has 0 radical (unpaired) electrons. The van der Waals surface area contributed by atoms with E-state index in [1.807, 2.05) is 19.9 Å². The minimum Gasteiger partial charge on any atom is -0.350 e. The summed E-state index contributed by atoms with van der Waals surface area (Å²) in [5.74, 6) is 0.511. The summed E-state index contributed by atoms with van der Waals surface area (Å²) in [5, 5.41) is 7.41. The molecule has 2 rings (SSSR count). The fraction of sp³-hybridized carbons (Fsp3) is 0.714. The normalized spacial score (nSPS) is 22.7. The van der Waals surface area contributed by atoms with Crippen molar-refractivity contribution in [1.29, 1.82) is 0 Å². The number of hydrogen-bond donors (Lipinski definition) is 2. The van der Waals surface area contributed by atoms with Gasteiger partial charge in [-0.1, -0.05) is 6.92 Å². The maximum atomic E-state index is 12.2. The number of nitrogens with zero attached hydrogens (tertiary/aromatic N) is 2. The summed E-state index contributed by atoms with van der Waals surface area (Å²) in [6, 6.07) is 2.20. The first kappa shape index (κ1) is 14.1. The molecule has 1 amide bonds. The molecule has 0 aromatic carbocycles. The van der Waals surface area contributed by atoms with Gasteiger partial charge in [0, 0.05) is 19.1 Å². The van der Waals surface area contributed by atoms with Crippen LogP contribution in [0.5, 0.6) is 0 Å². The van der Waals surface area contributed by atoms with Crippen LogP contribution in [0.15, 0.2) is 6.07 Å². The predicted octanol–water partition coefficient (Wildman–Crippen LogP) is 1.32. The van der Waals surface area contributed by atoms with Crippen LogP contribution in [0.3, 0.4) is 0 Å². The molecule has 2 unspecified atom stereocenters. The van der Waals surface area contributed by atoms with Gasteiger partial charge in [-0.05, 0) is 44.6 Å². The zero-order chi connectivity index (χ0) is 13.8. The van der Waals surface area contributed by atoms with Crippen LogP contribution in [0.25, 0.3) is 0 Å². The molecule has 3 N–H and O–H groups in total. The van der Waals surface area contributed by atoms with Gasteiger partial charge >= 0.3 is 0 Å². The Balaban J connectivity index is 1.93. The summed E-state index contributed by atoms with van der Waals surface area (Å²) >= 11 is 0. The molecule has 1 aliphatic carbocycles. The summed E-state index contributed by atoms with van der Waals surface area (Å²) < 4.78 is 1.77. The van der Waals surface area contributed by atoms with Crippen LogP contribution >= 0.6 is 0 Å². The molecule has 106 valence electrons. The third-order valence-electron chi connectivity index (χ3n) is 3.86. The number of nitrogens with two attached hydrogens (primary N) is 1. The monoisotopic (exact) mass is 264 g/mol. The van der Waals surface area contributed by atoms with Crippen molar-refractivity contribution < 1.29 is 4.79 Å². The lowest BCUT2D eigenvalue weighted by Crippen LogP contribution is -2.30. The van der Waals surface area contributed by atoms with E-state index >= 15 is 0 Å². The number of nitrogens with one attached hydrogen (secondary N) is 1. The number of carbonyl (C=O) groups excluding carboxylic acids is 1. The lowest BCUT2D eigenvalue weighted by Gasteiger charge is -2.11. The first-order valence-corrected chi connectivity index (χ1v) is 7.24. The van der Waals surface area contributed by atoms with Crippen LogP contribution in [0, 0.1) is 5.92 Å². The van der Waals surface area contributed by atoms with E-state index in [2.05, 4.69) is 10.4 Å². The zero-order valence-electron chi connectivity index (χ0n) is 11.9. The summed E-state index contributed by atoms with van der Waals surface area (Å²) in [6.45, 7) is 5.49. The van der Waals surface area contributed by atoms with E-state index in [9.17, 15) is 4.79 Å². The van der Waals surface area contributed by atoms with Crippen molar-refractivity contribution in [2.24, 2.45) is 11.7 Å². The molecule has 1 aliphatic rings. The Morgan fingerprint density at radius 3 is 2.89 bits per heavy atom. The van der Waals surface area contributed by atoms with E-state index in [1.54, 1.807) is 4.68 Å².